The summed E-state index contributed by atoms with van der Waals surface area (Å²) in [5.74, 6) is -0.546. The van der Waals surface area contributed by atoms with E-state index >= 15 is 0 Å². The molecule has 1 heterocycles. The Morgan fingerprint density at radius 2 is 2.23 bits per heavy atom. The van der Waals surface area contributed by atoms with Crippen LogP contribution in [0.5, 0.6) is 0 Å². The van der Waals surface area contributed by atoms with Gasteiger partial charge in [-0.15, -0.1) is 0 Å². The normalized spacial score (nSPS) is 27.4. The van der Waals surface area contributed by atoms with E-state index in [0.29, 0.717) is 0 Å². The zero-order valence-electron chi connectivity index (χ0n) is 7.27. The summed E-state index contributed by atoms with van der Waals surface area (Å²) in [5.41, 5.74) is 5.01. The number of hydrogen-bond donors (Lipinski definition) is 2. The van der Waals surface area contributed by atoms with Crippen molar-refractivity contribution in [3.63, 3.8) is 0 Å². The molecule has 0 radical (unpaired) electrons. The fourth-order valence-electron chi connectivity index (χ4n) is 1.42. The molecule has 74 valence electrons. The van der Waals surface area contributed by atoms with Crippen LogP contribution in [0, 0.1) is 0 Å². The predicted molar refractivity (Wildman–Crippen MR) is 42.7 cm³/mol. The number of urea groups is 1. The third kappa shape index (κ3) is 1.89. The first-order valence-electron chi connectivity index (χ1n) is 3.88. The summed E-state index contributed by atoms with van der Waals surface area (Å²) in [5, 5.41) is 9.21. The van der Waals surface area contributed by atoms with Crippen LogP contribution in [0.25, 0.3) is 0 Å². The number of ether oxygens (including phenoxy) is 1. The number of β-amino-alcohol motifs (C(OH)–C–C–N with tert-alkyl or cyclic N) is 1. The third-order valence-corrected chi connectivity index (χ3v) is 2.04. The van der Waals surface area contributed by atoms with Crippen LogP contribution in [-0.2, 0) is 9.53 Å². The van der Waals surface area contributed by atoms with Crippen molar-refractivity contribution in [3.05, 3.63) is 0 Å². The summed E-state index contributed by atoms with van der Waals surface area (Å²) in [6, 6.07) is -1.45. The molecule has 6 nitrogen and oxygen atoms in total. The quantitative estimate of drug-likeness (QED) is 0.499. The van der Waals surface area contributed by atoms with Crippen molar-refractivity contribution >= 4 is 12.0 Å². The summed E-state index contributed by atoms with van der Waals surface area (Å²) in [6.07, 6.45) is -0.508. The predicted octanol–water partition coefficient (Wildman–Crippen LogP) is -1.33. The molecule has 2 amide bonds. The van der Waals surface area contributed by atoms with Gasteiger partial charge < -0.3 is 20.5 Å². The molecular formula is C7H12N2O4. The number of nitrogens with zero attached hydrogens (tertiary/aromatic N) is 1. The molecule has 2 atom stereocenters. The molecule has 1 fully saturated rings. The molecule has 1 aliphatic heterocycles. The lowest BCUT2D eigenvalue weighted by Gasteiger charge is -2.19. The molecular weight excluding hydrogens is 176 g/mol. The highest BCUT2D eigenvalue weighted by Crippen LogP contribution is 2.18. The first-order valence-corrected chi connectivity index (χ1v) is 3.88. The van der Waals surface area contributed by atoms with Crippen LogP contribution < -0.4 is 5.73 Å². The van der Waals surface area contributed by atoms with Crippen molar-refractivity contribution in [1.29, 1.82) is 0 Å². The number of primary amides is 1. The first-order chi connectivity index (χ1) is 6.06. The number of esters is 1. The number of rotatable bonds is 1. The van der Waals surface area contributed by atoms with Gasteiger partial charge in [-0.1, -0.05) is 0 Å². The highest BCUT2D eigenvalue weighted by atomic mass is 16.5. The van der Waals surface area contributed by atoms with Gasteiger partial charge in [0.2, 0.25) is 0 Å². The molecule has 6 heteroatoms. The van der Waals surface area contributed by atoms with Crippen LogP contribution in [0.3, 0.4) is 0 Å². The second-order valence-electron chi connectivity index (χ2n) is 2.92. The molecule has 0 aliphatic carbocycles. The highest BCUT2D eigenvalue weighted by Gasteiger charge is 2.38. The Bertz CT molecular complexity index is 231. The van der Waals surface area contributed by atoms with Gasteiger partial charge in [0, 0.05) is 13.0 Å². The van der Waals surface area contributed by atoms with E-state index in [0.717, 1.165) is 4.90 Å². The second-order valence-corrected chi connectivity index (χ2v) is 2.92. The average Bonchev–Trinajstić information content (AvgIpc) is 2.46. The average molecular weight is 188 g/mol. The molecule has 1 rings (SSSR count). The van der Waals surface area contributed by atoms with Crippen molar-refractivity contribution in [2.24, 2.45) is 5.73 Å². The van der Waals surface area contributed by atoms with E-state index in [-0.39, 0.29) is 13.0 Å². The van der Waals surface area contributed by atoms with Crippen LogP contribution in [0.15, 0.2) is 0 Å². The largest absolute Gasteiger partial charge is 0.467 e. The SMILES string of the molecule is COC(=O)[C@@H]1C[C@@H](O)CN1C(N)=O. The van der Waals surface area contributed by atoms with Crippen LogP contribution >= 0.6 is 0 Å². The number of carbonyl (C=O) groups excluding carboxylic acids is 2. The van der Waals surface area contributed by atoms with Gasteiger partial charge in [0.05, 0.1) is 13.2 Å². The minimum absolute atomic E-state index is 0.0924. The van der Waals surface area contributed by atoms with Gasteiger partial charge in [-0.05, 0) is 0 Å². The van der Waals surface area contributed by atoms with Crippen molar-refractivity contribution < 1.29 is 19.4 Å². The molecule has 0 bridgehead atoms. The molecule has 0 aromatic rings. The molecule has 0 unspecified atom stereocenters. The van der Waals surface area contributed by atoms with Gasteiger partial charge in [-0.25, -0.2) is 9.59 Å². The Hall–Kier alpha value is -1.30. The van der Waals surface area contributed by atoms with Crippen LogP contribution in [0.1, 0.15) is 6.42 Å². The molecule has 0 saturated carbocycles. The lowest BCUT2D eigenvalue weighted by atomic mass is 10.2. The van der Waals surface area contributed by atoms with Crippen molar-refractivity contribution in [2.45, 2.75) is 18.6 Å². The lowest BCUT2D eigenvalue weighted by molar-refractivity contribution is -0.145. The minimum atomic E-state index is -0.738. The summed E-state index contributed by atoms with van der Waals surface area (Å²) in [6.45, 7) is 0.0924. The van der Waals surface area contributed by atoms with Gasteiger partial charge in [-0.3, -0.25) is 0 Å². The Labute approximate surface area is 75.3 Å². The molecule has 13 heavy (non-hydrogen) atoms. The smallest absolute Gasteiger partial charge is 0.328 e. The number of aliphatic hydroxyl groups excluding tert-OH is 1. The zero-order valence-corrected chi connectivity index (χ0v) is 7.27. The van der Waals surface area contributed by atoms with Gasteiger partial charge in [0.25, 0.3) is 0 Å². The third-order valence-electron chi connectivity index (χ3n) is 2.04. The Kier molecular flexibility index (Phi) is 2.72. The van der Waals surface area contributed by atoms with E-state index in [9.17, 15) is 14.7 Å². The molecule has 1 saturated heterocycles. The highest BCUT2D eigenvalue weighted by molar-refractivity contribution is 5.83. The van der Waals surface area contributed by atoms with Gasteiger partial charge in [-0.2, -0.15) is 0 Å². The monoisotopic (exact) mass is 188 g/mol. The fraction of sp³-hybridized carbons (Fsp3) is 0.714. The van der Waals surface area contributed by atoms with Crippen LogP contribution in [-0.4, -0.2) is 47.8 Å². The van der Waals surface area contributed by atoms with Crippen LogP contribution in [0.4, 0.5) is 4.79 Å². The number of likely N-dealkylation sites (tertiary alicyclic amines) is 1. The molecule has 3 N–H and O–H groups in total. The Morgan fingerprint density at radius 3 is 2.69 bits per heavy atom. The number of amides is 2. The Morgan fingerprint density at radius 1 is 1.62 bits per heavy atom. The standard InChI is InChI=1S/C7H12N2O4/c1-13-6(11)5-2-4(10)3-9(5)7(8)12/h4-5,10H,2-3H2,1H3,(H2,8,12)/t4-,5+/m1/s1. The first kappa shape index (κ1) is 9.79. The van der Waals surface area contributed by atoms with E-state index in [4.69, 9.17) is 5.73 Å². The topological polar surface area (TPSA) is 92.9 Å². The van der Waals surface area contributed by atoms with Gasteiger partial charge in [0.15, 0.2) is 0 Å². The van der Waals surface area contributed by atoms with E-state index < -0.39 is 24.1 Å². The maximum absolute atomic E-state index is 11.1. The number of aliphatic hydroxyl groups is 1. The van der Waals surface area contributed by atoms with Crippen molar-refractivity contribution in [1.82, 2.24) is 4.90 Å². The number of hydrogen-bond acceptors (Lipinski definition) is 4. The van der Waals surface area contributed by atoms with Crippen LogP contribution in [0.2, 0.25) is 0 Å². The molecule has 1 aliphatic rings. The minimum Gasteiger partial charge on any atom is -0.467 e. The number of carbonyl (C=O) groups is 2. The zero-order chi connectivity index (χ0) is 10.0. The fourth-order valence-corrected chi connectivity index (χ4v) is 1.42. The van der Waals surface area contributed by atoms with E-state index in [2.05, 4.69) is 4.74 Å². The van der Waals surface area contributed by atoms with Crippen molar-refractivity contribution in [3.8, 4) is 0 Å². The number of nitrogens with two attached hydrogens (primary N) is 1. The van der Waals surface area contributed by atoms with E-state index in [1.54, 1.807) is 0 Å². The van der Waals surface area contributed by atoms with Gasteiger partial charge >= 0.3 is 12.0 Å². The lowest BCUT2D eigenvalue weighted by Crippen LogP contribution is -2.44. The van der Waals surface area contributed by atoms with Crippen molar-refractivity contribution in [2.75, 3.05) is 13.7 Å². The molecule has 0 spiro atoms. The summed E-state index contributed by atoms with van der Waals surface area (Å²) < 4.78 is 4.46. The maximum atomic E-state index is 11.1. The second kappa shape index (κ2) is 3.61. The van der Waals surface area contributed by atoms with E-state index in [1.807, 2.05) is 0 Å². The summed E-state index contributed by atoms with van der Waals surface area (Å²) in [4.78, 5) is 23.0. The molecule has 0 aromatic carbocycles. The summed E-state index contributed by atoms with van der Waals surface area (Å²) >= 11 is 0. The Balaban J connectivity index is 2.71. The summed E-state index contributed by atoms with van der Waals surface area (Å²) in [7, 11) is 1.23. The number of methoxy groups -OCH3 is 1. The van der Waals surface area contributed by atoms with E-state index in [1.165, 1.54) is 7.11 Å². The van der Waals surface area contributed by atoms with Gasteiger partial charge in [0.1, 0.15) is 6.04 Å². The molecule has 0 aromatic heterocycles. The maximum Gasteiger partial charge on any atom is 0.328 e.